The molecular weight excluding hydrogens is 238 g/mol. The summed E-state index contributed by atoms with van der Waals surface area (Å²) in [7, 11) is 1.54. The van der Waals surface area contributed by atoms with E-state index in [1.165, 1.54) is 7.11 Å². The van der Waals surface area contributed by atoms with Gasteiger partial charge in [0.05, 0.1) is 18.1 Å². The number of carboxylic acids is 1. The Morgan fingerprint density at radius 3 is 2.94 bits per heavy atom. The summed E-state index contributed by atoms with van der Waals surface area (Å²) in [5.41, 5.74) is 1.26. The van der Waals surface area contributed by atoms with Gasteiger partial charge in [-0.3, -0.25) is 9.59 Å². The Labute approximate surface area is 102 Å². The van der Waals surface area contributed by atoms with Crippen LogP contribution in [0.5, 0.6) is 5.75 Å². The summed E-state index contributed by atoms with van der Waals surface area (Å²) in [4.78, 5) is 28.8. The fraction of sp³-hybridized carbons (Fsp3) is 0.182. The number of imidazole rings is 1. The van der Waals surface area contributed by atoms with E-state index in [1.807, 2.05) is 0 Å². The second kappa shape index (κ2) is 4.74. The summed E-state index contributed by atoms with van der Waals surface area (Å²) >= 11 is 0. The topological polar surface area (TPSA) is 104 Å². The Morgan fingerprint density at radius 1 is 1.50 bits per heavy atom. The average molecular weight is 249 g/mol. The van der Waals surface area contributed by atoms with Crippen molar-refractivity contribution in [1.82, 2.24) is 15.3 Å². The van der Waals surface area contributed by atoms with Gasteiger partial charge in [0.1, 0.15) is 12.3 Å². The SMILES string of the molecule is COc1ccc2nc(C(=O)NCC(=O)O)[nH]c2c1. The maximum Gasteiger partial charge on any atom is 0.322 e. The van der Waals surface area contributed by atoms with Crippen LogP contribution in [0.4, 0.5) is 0 Å². The molecule has 0 unspecified atom stereocenters. The van der Waals surface area contributed by atoms with Gasteiger partial charge in [0, 0.05) is 6.07 Å². The quantitative estimate of drug-likeness (QED) is 0.726. The van der Waals surface area contributed by atoms with E-state index >= 15 is 0 Å². The highest BCUT2D eigenvalue weighted by Crippen LogP contribution is 2.18. The van der Waals surface area contributed by atoms with Crippen LogP contribution >= 0.6 is 0 Å². The zero-order valence-electron chi connectivity index (χ0n) is 9.56. The third kappa shape index (κ3) is 2.40. The number of carbonyl (C=O) groups is 2. The minimum Gasteiger partial charge on any atom is -0.497 e. The lowest BCUT2D eigenvalue weighted by Gasteiger charge is -1.97. The predicted molar refractivity (Wildman–Crippen MR) is 62.6 cm³/mol. The van der Waals surface area contributed by atoms with E-state index in [4.69, 9.17) is 9.84 Å². The maximum atomic E-state index is 11.6. The van der Waals surface area contributed by atoms with Gasteiger partial charge in [-0.25, -0.2) is 4.98 Å². The van der Waals surface area contributed by atoms with Crippen molar-refractivity contribution in [2.75, 3.05) is 13.7 Å². The van der Waals surface area contributed by atoms with Gasteiger partial charge in [-0.1, -0.05) is 0 Å². The van der Waals surface area contributed by atoms with Crippen molar-refractivity contribution in [3.8, 4) is 5.75 Å². The van der Waals surface area contributed by atoms with Gasteiger partial charge in [0.25, 0.3) is 5.91 Å². The first-order valence-corrected chi connectivity index (χ1v) is 5.14. The van der Waals surface area contributed by atoms with Crippen LogP contribution in [0.1, 0.15) is 10.6 Å². The van der Waals surface area contributed by atoms with Crippen molar-refractivity contribution in [1.29, 1.82) is 0 Å². The first kappa shape index (κ1) is 11.9. The number of aliphatic carboxylic acids is 1. The summed E-state index contributed by atoms with van der Waals surface area (Å²) in [5, 5.41) is 10.7. The molecule has 0 aliphatic carbocycles. The molecule has 1 heterocycles. The molecule has 7 nitrogen and oxygen atoms in total. The summed E-state index contributed by atoms with van der Waals surface area (Å²) in [6, 6.07) is 5.14. The number of nitrogens with one attached hydrogen (secondary N) is 2. The van der Waals surface area contributed by atoms with Crippen molar-refractivity contribution in [3.63, 3.8) is 0 Å². The number of fused-ring (bicyclic) bond motifs is 1. The molecule has 0 aliphatic rings. The van der Waals surface area contributed by atoms with E-state index in [2.05, 4.69) is 15.3 Å². The predicted octanol–water partition coefficient (Wildman–Crippen LogP) is 0.386. The van der Waals surface area contributed by atoms with Crippen LogP contribution in [-0.2, 0) is 4.79 Å². The number of amides is 1. The van der Waals surface area contributed by atoms with Crippen molar-refractivity contribution >= 4 is 22.9 Å². The molecule has 94 valence electrons. The molecule has 0 radical (unpaired) electrons. The first-order valence-electron chi connectivity index (χ1n) is 5.14. The monoisotopic (exact) mass is 249 g/mol. The maximum absolute atomic E-state index is 11.6. The second-order valence-electron chi connectivity index (χ2n) is 3.54. The number of hydrogen-bond donors (Lipinski definition) is 3. The number of ether oxygens (including phenoxy) is 1. The fourth-order valence-corrected chi connectivity index (χ4v) is 1.46. The number of hydrogen-bond acceptors (Lipinski definition) is 4. The van der Waals surface area contributed by atoms with Crippen LogP contribution in [0.2, 0.25) is 0 Å². The van der Waals surface area contributed by atoms with Gasteiger partial charge in [0.2, 0.25) is 0 Å². The van der Waals surface area contributed by atoms with Crippen LogP contribution in [0.3, 0.4) is 0 Å². The van der Waals surface area contributed by atoms with Gasteiger partial charge < -0.3 is 20.1 Å². The summed E-state index contributed by atoms with van der Waals surface area (Å²) < 4.78 is 5.04. The molecule has 2 aromatic rings. The standard InChI is InChI=1S/C11H11N3O4/c1-18-6-2-3-7-8(4-6)14-10(13-7)11(17)12-5-9(15)16/h2-4H,5H2,1H3,(H,12,17)(H,13,14)(H,15,16). The molecule has 3 N–H and O–H groups in total. The van der Waals surface area contributed by atoms with Gasteiger partial charge in [-0.15, -0.1) is 0 Å². The molecule has 0 bridgehead atoms. The highest BCUT2D eigenvalue weighted by molar-refractivity contribution is 5.95. The Balaban J connectivity index is 2.24. The molecule has 0 saturated carbocycles. The number of carbonyl (C=O) groups excluding carboxylic acids is 1. The van der Waals surface area contributed by atoms with Crippen molar-refractivity contribution in [3.05, 3.63) is 24.0 Å². The molecule has 2 rings (SSSR count). The molecule has 1 amide bonds. The Kier molecular flexibility index (Phi) is 3.13. The number of benzene rings is 1. The van der Waals surface area contributed by atoms with Gasteiger partial charge in [-0.2, -0.15) is 0 Å². The smallest absolute Gasteiger partial charge is 0.322 e. The van der Waals surface area contributed by atoms with Gasteiger partial charge in [0.15, 0.2) is 5.82 Å². The zero-order valence-corrected chi connectivity index (χ0v) is 9.56. The van der Waals surface area contributed by atoms with E-state index < -0.39 is 18.4 Å². The summed E-state index contributed by atoms with van der Waals surface area (Å²) in [6.45, 7) is -0.445. The normalized spacial score (nSPS) is 10.3. The lowest BCUT2D eigenvalue weighted by atomic mass is 10.3. The largest absolute Gasteiger partial charge is 0.497 e. The molecule has 18 heavy (non-hydrogen) atoms. The van der Waals surface area contributed by atoms with Crippen molar-refractivity contribution in [2.45, 2.75) is 0 Å². The third-order valence-corrected chi connectivity index (χ3v) is 2.30. The molecule has 1 aromatic carbocycles. The first-order chi connectivity index (χ1) is 8.60. The summed E-state index contributed by atoms with van der Waals surface area (Å²) in [6.07, 6.45) is 0. The average Bonchev–Trinajstić information content (AvgIpc) is 2.78. The molecule has 1 aromatic heterocycles. The number of nitrogens with zero attached hydrogens (tertiary/aromatic N) is 1. The molecule has 0 spiro atoms. The molecule has 0 aliphatic heterocycles. The summed E-state index contributed by atoms with van der Waals surface area (Å²) in [5.74, 6) is -0.961. The van der Waals surface area contributed by atoms with Crippen LogP contribution < -0.4 is 10.1 Å². The van der Waals surface area contributed by atoms with Crippen LogP contribution in [0.25, 0.3) is 11.0 Å². The molecule has 7 heteroatoms. The Bertz CT molecular complexity index is 605. The number of methoxy groups -OCH3 is 1. The third-order valence-electron chi connectivity index (χ3n) is 2.30. The van der Waals surface area contributed by atoms with E-state index in [0.29, 0.717) is 16.8 Å². The minimum absolute atomic E-state index is 0.0690. The number of H-pyrrole nitrogens is 1. The van der Waals surface area contributed by atoms with Crippen LogP contribution in [-0.4, -0.2) is 40.6 Å². The van der Waals surface area contributed by atoms with Crippen molar-refractivity contribution in [2.24, 2.45) is 0 Å². The molecule has 0 fully saturated rings. The highest BCUT2D eigenvalue weighted by atomic mass is 16.5. The number of aromatic amines is 1. The van der Waals surface area contributed by atoms with Crippen LogP contribution in [0.15, 0.2) is 18.2 Å². The lowest BCUT2D eigenvalue weighted by Crippen LogP contribution is -2.29. The zero-order chi connectivity index (χ0) is 13.1. The fourth-order valence-electron chi connectivity index (χ4n) is 1.46. The Hall–Kier alpha value is -2.57. The van der Waals surface area contributed by atoms with E-state index in [1.54, 1.807) is 18.2 Å². The van der Waals surface area contributed by atoms with Gasteiger partial charge >= 0.3 is 5.97 Å². The Morgan fingerprint density at radius 2 is 2.28 bits per heavy atom. The highest BCUT2D eigenvalue weighted by Gasteiger charge is 2.12. The van der Waals surface area contributed by atoms with E-state index in [0.717, 1.165) is 0 Å². The number of rotatable bonds is 4. The second-order valence-corrected chi connectivity index (χ2v) is 3.54. The lowest BCUT2D eigenvalue weighted by molar-refractivity contribution is -0.135. The van der Waals surface area contributed by atoms with Gasteiger partial charge in [-0.05, 0) is 12.1 Å². The molecule has 0 saturated heterocycles. The molecule has 0 atom stereocenters. The van der Waals surface area contributed by atoms with Crippen LogP contribution in [0, 0.1) is 0 Å². The van der Waals surface area contributed by atoms with E-state index in [9.17, 15) is 9.59 Å². The van der Waals surface area contributed by atoms with E-state index in [-0.39, 0.29) is 5.82 Å². The van der Waals surface area contributed by atoms with Crippen molar-refractivity contribution < 1.29 is 19.4 Å². The number of carboxylic acid groups (broad SMARTS) is 1. The molecular formula is C11H11N3O4. The number of aromatic nitrogens is 2. The minimum atomic E-state index is -1.11.